The molecule has 0 aromatic rings. The third-order valence-corrected chi connectivity index (χ3v) is 2.35. The van der Waals surface area contributed by atoms with Crippen molar-refractivity contribution in [1.82, 2.24) is 15.1 Å². The van der Waals surface area contributed by atoms with Crippen molar-refractivity contribution in [2.45, 2.75) is 13.0 Å². The van der Waals surface area contributed by atoms with Gasteiger partial charge in [0.25, 0.3) is 0 Å². The van der Waals surface area contributed by atoms with Crippen LogP contribution in [0.25, 0.3) is 0 Å². The Kier molecular flexibility index (Phi) is 3.46. The SMILES string of the molecule is C[C@@H]1CNCCN1C(=O)C(=O)N(C)C. The predicted molar refractivity (Wildman–Crippen MR) is 52.7 cm³/mol. The van der Waals surface area contributed by atoms with Gasteiger partial charge in [-0.2, -0.15) is 0 Å². The molecule has 14 heavy (non-hydrogen) atoms. The summed E-state index contributed by atoms with van der Waals surface area (Å²) in [5.41, 5.74) is 0. The van der Waals surface area contributed by atoms with Crippen LogP contribution in [0.3, 0.4) is 0 Å². The number of piperazine rings is 1. The molecule has 1 rings (SSSR count). The highest BCUT2D eigenvalue weighted by molar-refractivity contribution is 6.34. The van der Waals surface area contributed by atoms with E-state index < -0.39 is 11.8 Å². The Balaban J connectivity index is 2.63. The van der Waals surface area contributed by atoms with Gasteiger partial charge in [0.05, 0.1) is 0 Å². The predicted octanol–water partition coefficient (Wildman–Crippen LogP) is -1.11. The molecule has 0 aliphatic carbocycles. The van der Waals surface area contributed by atoms with Crippen molar-refractivity contribution in [2.75, 3.05) is 33.7 Å². The molecule has 1 N–H and O–H groups in total. The zero-order valence-electron chi connectivity index (χ0n) is 8.91. The maximum atomic E-state index is 11.7. The molecule has 0 bridgehead atoms. The monoisotopic (exact) mass is 199 g/mol. The highest BCUT2D eigenvalue weighted by Gasteiger charge is 2.28. The van der Waals surface area contributed by atoms with Gasteiger partial charge in [0.15, 0.2) is 0 Å². The molecule has 80 valence electrons. The summed E-state index contributed by atoms with van der Waals surface area (Å²) in [6, 6.07) is 0.0974. The molecule has 0 spiro atoms. The van der Waals surface area contributed by atoms with Crippen molar-refractivity contribution in [3.8, 4) is 0 Å². The number of carbonyl (C=O) groups is 2. The van der Waals surface area contributed by atoms with Crippen molar-refractivity contribution >= 4 is 11.8 Å². The number of nitrogens with one attached hydrogen (secondary N) is 1. The fourth-order valence-corrected chi connectivity index (χ4v) is 1.46. The van der Waals surface area contributed by atoms with Crippen molar-refractivity contribution in [3.63, 3.8) is 0 Å². The minimum absolute atomic E-state index is 0.0974. The molecule has 5 heteroatoms. The minimum Gasteiger partial charge on any atom is -0.341 e. The maximum Gasteiger partial charge on any atom is 0.312 e. The van der Waals surface area contributed by atoms with Gasteiger partial charge in [-0.15, -0.1) is 0 Å². The van der Waals surface area contributed by atoms with E-state index in [1.165, 1.54) is 4.90 Å². The van der Waals surface area contributed by atoms with E-state index in [9.17, 15) is 9.59 Å². The number of rotatable bonds is 0. The number of likely N-dealkylation sites (N-methyl/N-ethyl adjacent to an activating group) is 1. The second-order valence-corrected chi connectivity index (χ2v) is 3.75. The highest BCUT2D eigenvalue weighted by Crippen LogP contribution is 2.03. The average molecular weight is 199 g/mol. The molecular formula is C9H17N3O2. The van der Waals surface area contributed by atoms with Crippen LogP contribution in [0.4, 0.5) is 0 Å². The molecule has 0 aromatic carbocycles. The van der Waals surface area contributed by atoms with Crippen molar-refractivity contribution < 1.29 is 9.59 Å². The summed E-state index contributed by atoms with van der Waals surface area (Å²) in [4.78, 5) is 26.0. The molecule has 1 atom stereocenters. The molecule has 0 aromatic heterocycles. The largest absolute Gasteiger partial charge is 0.341 e. The molecule has 1 heterocycles. The normalized spacial score (nSPS) is 21.9. The summed E-state index contributed by atoms with van der Waals surface area (Å²) in [6.45, 7) is 4.07. The number of carbonyl (C=O) groups excluding carboxylic acids is 2. The van der Waals surface area contributed by atoms with Gasteiger partial charge in [-0.25, -0.2) is 0 Å². The average Bonchev–Trinajstić information content (AvgIpc) is 2.16. The molecule has 1 saturated heterocycles. The van der Waals surface area contributed by atoms with Crippen LogP contribution in [-0.4, -0.2) is 61.4 Å². The molecule has 1 aliphatic heterocycles. The van der Waals surface area contributed by atoms with E-state index in [1.54, 1.807) is 19.0 Å². The van der Waals surface area contributed by atoms with E-state index in [0.717, 1.165) is 13.1 Å². The molecule has 0 saturated carbocycles. The Hall–Kier alpha value is -1.10. The zero-order chi connectivity index (χ0) is 10.7. The van der Waals surface area contributed by atoms with E-state index in [2.05, 4.69) is 5.32 Å². The fraction of sp³-hybridized carbons (Fsp3) is 0.778. The summed E-state index contributed by atoms with van der Waals surface area (Å²) in [7, 11) is 3.18. The van der Waals surface area contributed by atoms with E-state index >= 15 is 0 Å². The molecule has 0 unspecified atom stereocenters. The van der Waals surface area contributed by atoms with Crippen LogP contribution in [-0.2, 0) is 9.59 Å². The smallest absolute Gasteiger partial charge is 0.312 e. The van der Waals surface area contributed by atoms with Gasteiger partial charge in [-0.3, -0.25) is 9.59 Å². The van der Waals surface area contributed by atoms with Gasteiger partial charge in [0, 0.05) is 39.8 Å². The van der Waals surface area contributed by atoms with Crippen LogP contribution in [0.5, 0.6) is 0 Å². The van der Waals surface area contributed by atoms with Gasteiger partial charge >= 0.3 is 11.8 Å². The van der Waals surface area contributed by atoms with Crippen LogP contribution in [0, 0.1) is 0 Å². The number of hydrogen-bond acceptors (Lipinski definition) is 3. The molecule has 5 nitrogen and oxygen atoms in total. The van der Waals surface area contributed by atoms with Crippen LogP contribution < -0.4 is 5.32 Å². The summed E-state index contributed by atoms with van der Waals surface area (Å²) in [6.07, 6.45) is 0. The number of nitrogens with zero attached hydrogens (tertiary/aromatic N) is 2. The highest BCUT2D eigenvalue weighted by atomic mass is 16.2. The summed E-state index contributed by atoms with van der Waals surface area (Å²) < 4.78 is 0. The second kappa shape index (κ2) is 4.41. The number of amides is 2. The van der Waals surface area contributed by atoms with Crippen molar-refractivity contribution in [1.29, 1.82) is 0 Å². The third kappa shape index (κ3) is 2.23. The van der Waals surface area contributed by atoms with Gasteiger partial charge < -0.3 is 15.1 Å². The first-order valence-electron chi connectivity index (χ1n) is 4.77. The Morgan fingerprint density at radius 2 is 2.07 bits per heavy atom. The van der Waals surface area contributed by atoms with Crippen LogP contribution in [0.2, 0.25) is 0 Å². The lowest BCUT2D eigenvalue weighted by Crippen LogP contribution is -2.55. The number of hydrogen-bond donors (Lipinski definition) is 1. The first-order chi connectivity index (χ1) is 6.54. The Morgan fingerprint density at radius 3 is 2.57 bits per heavy atom. The van der Waals surface area contributed by atoms with E-state index in [-0.39, 0.29) is 6.04 Å². The Morgan fingerprint density at radius 1 is 1.43 bits per heavy atom. The maximum absolute atomic E-state index is 11.7. The lowest BCUT2D eigenvalue weighted by molar-refractivity contribution is -0.152. The lowest BCUT2D eigenvalue weighted by atomic mass is 10.2. The lowest BCUT2D eigenvalue weighted by Gasteiger charge is -2.33. The summed E-state index contributed by atoms with van der Waals surface area (Å²) in [5, 5.41) is 3.17. The van der Waals surface area contributed by atoms with E-state index in [4.69, 9.17) is 0 Å². The summed E-state index contributed by atoms with van der Waals surface area (Å²) >= 11 is 0. The zero-order valence-corrected chi connectivity index (χ0v) is 8.91. The molecule has 1 fully saturated rings. The van der Waals surface area contributed by atoms with Gasteiger partial charge in [-0.1, -0.05) is 0 Å². The molecule has 0 radical (unpaired) electrons. The first kappa shape index (κ1) is 11.0. The Labute approximate surface area is 84.0 Å². The van der Waals surface area contributed by atoms with E-state index in [0.29, 0.717) is 6.54 Å². The fourth-order valence-electron chi connectivity index (χ4n) is 1.46. The molecule has 2 amide bonds. The first-order valence-corrected chi connectivity index (χ1v) is 4.77. The van der Waals surface area contributed by atoms with Gasteiger partial charge in [0.2, 0.25) is 0 Å². The Bertz CT molecular complexity index is 240. The topological polar surface area (TPSA) is 52.7 Å². The van der Waals surface area contributed by atoms with Crippen molar-refractivity contribution in [3.05, 3.63) is 0 Å². The minimum atomic E-state index is -0.446. The quantitative estimate of drug-likeness (QED) is 0.504. The van der Waals surface area contributed by atoms with Crippen molar-refractivity contribution in [2.24, 2.45) is 0 Å². The molecular weight excluding hydrogens is 182 g/mol. The van der Waals surface area contributed by atoms with Gasteiger partial charge in [0.1, 0.15) is 0 Å². The van der Waals surface area contributed by atoms with Crippen LogP contribution >= 0.6 is 0 Å². The standard InChI is InChI=1S/C9H17N3O2/c1-7-6-10-4-5-12(7)9(14)8(13)11(2)3/h7,10H,4-6H2,1-3H3/t7-/m1/s1. The second-order valence-electron chi connectivity index (χ2n) is 3.75. The van der Waals surface area contributed by atoms with Crippen LogP contribution in [0.15, 0.2) is 0 Å². The third-order valence-electron chi connectivity index (χ3n) is 2.35. The van der Waals surface area contributed by atoms with Gasteiger partial charge in [-0.05, 0) is 6.92 Å². The van der Waals surface area contributed by atoms with E-state index in [1.807, 2.05) is 6.92 Å². The molecule has 1 aliphatic rings. The summed E-state index contributed by atoms with van der Waals surface area (Å²) in [5.74, 6) is -0.845. The van der Waals surface area contributed by atoms with Crippen LogP contribution in [0.1, 0.15) is 6.92 Å².